The molecule has 0 aliphatic rings. The number of H-pyrrole nitrogens is 1. The number of aryl methyl sites for hydroxylation is 2. The van der Waals surface area contributed by atoms with E-state index in [-0.39, 0.29) is 23.3 Å². The molecule has 0 bridgehead atoms. The topological polar surface area (TPSA) is 72.0 Å². The van der Waals surface area contributed by atoms with Crippen LogP contribution in [0.15, 0.2) is 12.3 Å². The zero-order chi connectivity index (χ0) is 17.1. The maximum atomic E-state index is 12.5. The molecular formula is C17H19ClN2O3. The molecule has 0 aliphatic heterocycles. The number of ketones is 2. The summed E-state index contributed by atoms with van der Waals surface area (Å²) in [5.41, 5.74) is 3.26. The molecule has 0 unspecified atom stereocenters. The standard InChI is InChI=1S/C17H19ClN2O3/c1-5-12-14(11(4)21)10(3)20-15(12)13(22)8-23-16-9(2)6-7-19-17(16)18/h6-7,20H,5,8H2,1-4H3. The summed E-state index contributed by atoms with van der Waals surface area (Å²) in [7, 11) is 0. The van der Waals surface area contributed by atoms with Crippen LogP contribution in [0.25, 0.3) is 0 Å². The maximum absolute atomic E-state index is 12.5. The summed E-state index contributed by atoms with van der Waals surface area (Å²) >= 11 is 5.99. The van der Waals surface area contributed by atoms with Crippen LogP contribution < -0.4 is 4.74 Å². The van der Waals surface area contributed by atoms with E-state index in [0.29, 0.717) is 29.1 Å². The number of hydrogen-bond donors (Lipinski definition) is 1. The van der Waals surface area contributed by atoms with Gasteiger partial charge in [-0.2, -0.15) is 0 Å². The molecule has 0 amide bonds. The first kappa shape index (κ1) is 17.2. The molecule has 0 fully saturated rings. The molecule has 2 aromatic rings. The average molecular weight is 335 g/mol. The number of nitrogens with zero attached hydrogens (tertiary/aromatic N) is 1. The van der Waals surface area contributed by atoms with Crippen LogP contribution in [-0.2, 0) is 6.42 Å². The number of nitrogens with one attached hydrogen (secondary N) is 1. The lowest BCUT2D eigenvalue weighted by atomic mass is 10.0. The first-order valence-electron chi connectivity index (χ1n) is 7.36. The summed E-state index contributed by atoms with van der Waals surface area (Å²) in [6, 6.07) is 1.76. The Balaban J connectivity index is 2.25. The van der Waals surface area contributed by atoms with E-state index in [9.17, 15) is 9.59 Å². The van der Waals surface area contributed by atoms with Crippen molar-refractivity contribution >= 4 is 23.2 Å². The van der Waals surface area contributed by atoms with Crippen molar-refractivity contribution in [2.75, 3.05) is 6.61 Å². The van der Waals surface area contributed by atoms with Gasteiger partial charge in [0, 0.05) is 17.5 Å². The molecule has 0 aliphatic carbocycles. The number of aromatic amines is 1. The summed E-state index contributed by atoms with van der Waals surface area (Å²) < 4.78 is 5.54. The Morgan fingerprint density at radius 3 is 2.61 bits per heavy atom. The van der Waals surface area contributed by atoms with E-state index >= 15 is 0 Å². The molecule has 0 saturated carbocycles. The van der Waals surface area contributed by atoms with Gasteiger partial charge in [-0.25, -0.2) is 4.98 Å². The first-order chi connectivity index (χ1) is 10.9. The van der Waals surface area contributed by atoms with Crippen LogP contribution in [0, 0.1) is 13.8 Å². The highest BCUT2D eigenvalue weighted by Gasteiger charge is 2.22. The summed E-state index contributed by atoms with van der Waals surface area (Å²) in [6.45, 7) is 6.86. The van der Waals surface area contributed by atoms with E-state index in [1.165, 1.54) is 6.92 Å². The Kier molecular flexibility index (Phi) is 5.21. The van der Waals surface area contributed by atoms with Crippen LogP contribution in [-0.4, -0.2) is 28.1 Å². The highest BCUT2D eigenvalue weighted by atomic mass is 35.5. The predicted molar refractivity (Wildman–Crippen MR) is 88.7 cm³/mol. The Morgan fingerprint density at radius 2 is 2.04 bits per heavy atom. The van der Waals surface area contributed by atoms with Gasteiger partial charge in [-0.05, 0) is 44.4 Å². The summed E-state index contributed by atoms with van der Waals surface area (Å²) in [6.07, 6.45) is 2.17. The number of ether oxygens (including phenoxy) is 1. The Labute approximate surface area is 140 Å². The van der Waals surface area contributed by atoms with E-state index in [1.54, 1.807) is 19.2 Å². The quantitative estimate of drug-likeness (QED) is 0.645. The van der Waals surface area contributed by atoms with Crippen molar-refractivity contribution in [3.05, 3.63) is 45.5 Å². The molecule has 0 saturated heterocycles. The minimum Gasteiger partial charge on any atom is -0.482 e. The van der Waals surface area contributed by atoms with Crippen LogP contribution in [0.4, 0.5) is 0 Å². The largest absolute Gasteiger partial charge is 0.482 e. The Bertz CT molecular complexity index is 745. The molecule has 2 heterocycles. The fraction of sp³-hybridized carbons (Fsp3) is 0.353. The SMILES string of the molecule is CCc1c(C(=O)COc2c(C)ccnc2Cl)[nH]c(C)c1C(C)=O. The number of rotatable bonds is 6. The van der Waals surface area contributed by atoms with E-state index in [2.05, 4.69) is 9.97 Å². The Morgan fingerprint density at radius 1 is 1.35 bits per heavy atom. The van der Waals surface area contributed by atoms with Crippen LogP contribution >= 0.6 is 11.6 Å². The van der Waals surface area contributed by atoms with Gasteiger partial charge in [0.2, 0.25) is 5.78 Å². The van der Waals surface area contributed by atoms with Gasteiger partial charge in [0.05, 0.1) is 5.69 Å². The van der Waals surface area contributed by atoms with Crippen molar-refractivity contribution in [3.63, 3.8) is 0 Å². The molecule has 0 spiro atoms. The highest BCUT2D eigenvalue weighted by molar-refractivity contribution is 6.30. The number of aromatic nitrogens is 2. The summed E-state index contributed by atoms with van der Waals surface area (Å²) in [5.74, 6) is 0.120. The minimum atomic E-state index is -0.225. The molecule has 5 nitrogen and oxygen atoms in total. The predicted octanol–water partition coefficient (Wildman–Crippen LogP) is 3.71. The van der Waals surface area contributed by atoms with Gasteiger partial charge >= 0.3 is 0 Å². The zero-order valence-electron chi connectivity index (χ0n) is 13.6. The van der Waals surface area contributed by atoms with Crippen molar-refractivity contribution < 1.29 is 14.3 Å². The minimum absolute atomic E-state index is 0.0540. The maximum Gasteiger partial charge on any atom is 0.216 e. The van der Waals surface area contributed by atoms with Gasteiger partial charge in [-0.3, -0.25) is 9.59 Å². The molecule has 0 radical (unpaired) electrons. The van der Waals surface area contributed by atoms with Crippen molar-refractivity contribution in [2.45, 2.75) is 34.1 Å². The van der Waals surface area contributed by atoms with E-state index < -0.39 is 0 Å². The molecule has 23 heavy (non-hydrogen) atoms. The average Bonchev–Trinajstić information content (AvgIpc) is 2.83. The summed E-state index contributed by atoms with van der Waals surface area (Å²) in [4.78, 5) is 31.2. The lowest BCUT2D eigenvalue weighted by Gasteiger charge is -2.09. The van der Waals surface area contributed by atoms with E-state index in [0.717, 1.165) is 11.1 Å². The molecule has 6 heteroatoms. The van der Waals surface area contributed by atoms with Crippen molar-refractivity contribution in [1.82, 2.24) is 9.97 Å². The van der Waals surface area contributed by atoms with E-state index in [4.69, 9.17) is 16.3 Å². The number of carbonyl (C=O) groups excluding carboxylic acids is 2. The van der Waals surface area contributed by atoms with E-state index in [1.807, 2.05) is 13.8 Å². The first-order valence-corrected chi connectivity index (χ1v) is 7.74. The smallest absolute Gasteiger partial charge is 0.216 e. The van der Waals surface area contributed by atoms with Gasteiger partial charge in [0.25, 0.3) is 0 Å². The van der Waals surface area contributed by atoms with Gasteiger partial charge in [0.1, 0.15) is 0 Å². The monoisotopic (exact) mass is 334 g/mol. The summed E-state index contributed by atoms with van der Waals surface area (Å²) in [5, 5.41) is 0.223. The van der Waals surface area contributed by atoms with Gasteiger partial charge in [-0.15, -0.1) is 0 Å². The molecule has 0 aromatic carbocycles. The molecule has 1 N–H and O–H groups in total. The fourth-order valence-corrected chi connectivity index (χ4v) is 2.90. The molecule has 122 valence electrons. The highest BCUT2D eigenvalue weighted by Crippen LogP contribution is 2.26. The van der Waals surface area contributed by atoms with Gasteiger partial charge < -0.3 is 9.72 Å². The second-order valence-corrected chi connectivity index (χ2v) is 5.71. The number of carbonyl (C=O) groups is 2. The van der Waals surface area contributed by atoms with Crippen molar-refractivity contribution in [3.8, 4) is 5.75 Å². The van der Waals surface area contributed by atoms with Crippen LogP contribution in [0.1, 0.15) is 51.5 Å². The second-order valence-electron chi connectivity index (χ2n) is 5.35. The molecular weight excluding hydrogens is 316 g/mol. The van der Waals surface area contributed by atoms with Crippen LogP contribution in [0.3, 0.4) is 0 Å². The van der Waals surface area contributed by atoms with Crippen molar-refractivity contribution in [2.24, 2.45) is 0 Å². The third-order valence-corrected chi connectivity index (χ3v) is 3.95. The molecule has 2 aromatic heterocycles. The zero-order valence-corrected chi connectivity index (χ0v) is 14.4. The molecule has 2 rings (SSSR count). The number of hydrogen-bond acceptors (Lipinski definition) is 4. The second kappa shape index (κ2) is 6.96. The third-order valence-electron chi connectivity index (χ3n) is 3.68. The lowest BCUT2D eigenvalue weighted by Crippen LogP contribution is -2.15. The number of pyridine rings is 1. The van der Waals surface area contributed by atoms with Crippen LogP contribution in [0.5, 0.6) is 5.75 Å². The van der Waals surface area contributed by atoms with Crippen molar-refractivity contribution in [1.29, 1.82) is 0 Å². The lowest BCUT2D eigenvalue weighted by molar-refractivity contribution is 0.0915. The van der Waals surface area contributed by atoms with Gasteiger partial charge in [-0.1, -0.05) is 18.5 Å². The number of halogens is 1. The Hall–Kier alpha value is -2.14. The van der Waals surface area contributed by atoms with Crippen LogP contribution in [0.2, 0.25) is 5.15 Å². The normalized spacial score (nSPS) is 10.7. The number of Topliss-reactive ketones (excluding diaryl/α,β-unsaturated/α-hetero) is 2. The third kappa shape index (κ3) is 3.45. The van der Waals surface area contributed by atoms with Gasteiger partial charge in [0.15, 0.2) is 23.3 Å². The molecule has 0 atom stereocenters. The fourth-order valence-electron chi connectivity index (χ4n) is 2.64.